The van der Waals surface area contributed by atoms with Gasteiger partial charge in [0.1, 0.15) is 12.0 Å². The van der Waals surface area contributed by atoms with Gasteiger partial charge in [-0.3, -0.25) is 15.4 Å². The average molecular weight is 293 g/mol. The van der Waals surface area contributed by atoms with Gasteiger partial charge in [-0.1, -0.05) is 11.6 Å². The Morgan fingerprint density at radius 2 is 1.85 bits per heavy atom. The van der Waals surface area contributed by atoms with Crippen LogP contribution in [0.25, 0.3) is 0 Å². The highest BCUT2D eigenvalue weighted by atomic mass is 35.5. The number of nitro groups is 1. The van der Waals surface area contributed by atoms with E-state index in [4.69, 9.17) is 11.6 Å². The van der Waals surface area contributed by atoms with Crippen LogP contribution in [0.1, 0.15) is 0 Å². The van der Waals surface area contributed by atoms with Gasteiger partial charge in [0.05, 0.1) is 4.92 Å². The molecule has 0 spiro atoms. The van der Waals surface area contributed by atoms with E-state index in [-0.39, 0.29) is 11.5 Å². The fourth-order valence-electron chi connectivity index (χ4n) is 1.38. The molecule has 0 bridgehead atoms. The monoisotopic (exact) mass is 292 g/mol. The number of rotatable bonds is 3. The molecule has 2 N–H and O–H groups in total. The number of benzene rings is 1. The number of pyridine rings is 1. The number of hydrogen-bond acceptors (Lipinski definition) is 4. The van der Waals surface area contributed by atoms with E-state index in [1.165, 1.54) is 12.1 Å². The van der Waals surface area contributed by atoms with Crippen molar-refractivity contribution < 1.29 is 9.72 Å². The Bertz CT molecular complexity index is 628. The molecule has 7 nitrogen and oxygen atoms in total. The summed E-state index contributed by atoms with van der Waals surface area (Å²) in [7, 11) is 0. The van der Waals surface area contributed by atoms with Crippen molar-refractivity contribution in [2.75, 3.05) is 10.6 Å². The van der Waals surface area contributed by atoms with Gasteiger partial charge in [-0.05, 0) is 30.3 Å². The summed E-state index contributed by atoms with van der Waals surface area (Å²) in [6.45, 7) is 0. The first-order valence-corrected chi connectivity index (χ1v) is 5.86. The van der Waals surface area contributed by atoms with Gasteiger partial charge in [0, 0.05) is 16.8 Å². The van der Waals surface area contributed by atoms with E-state index in [1.807, 2.05) is 0 Å². The van der Waals surface area contributed by atoms with Gasteiger partial charge in [0.2, 0.25) is 0 Å². The number of aromatic nitrogens is 1. The van der Waals surface area contributed by atoms with Crippen LogP contribution in [0.5, 0.6) is 0 Å². The summed E-state index contributed by atoms with van der Waals surface area (Å²) in [6.07, 6.45) is 1.07. The summed E-state index contributed by atoms with van der Waals surface area (Å²) in [5.74, 6) is 0.210. The molecular formula is C12H9ClN4O3. The van der Waals surface area contributed by atoms with Gasteiger partial charge >= 0.3 is 6.03 Å². The molecule has 1 heterocycles. The SMILES string of the molecule is O=C(Nc1ccc(Cl)cc1)Nc1ccc([N+](=O)[O-])cn1. The number of nitrogens with one attached hydrogen (secondary N) is 2. The highest BCUT2D eigenvalue weighted by Gasteiger charge is 2.07. The molecule has 0 atom stereocenters. The smallest absolute Gasteiger partial charge is 0.308 e. The lowest BCUT2D eigenvalue weighted by molar-refractivity contribution is -0.385. The van der Waals surface area contributed by atoms with Crippen LogP contribution < -0.4 is 10.6 Å². The third-order valence-electron chi connectivity index (χ3n) is 2.30. The lowest BCUT2D eigenvalue weighted by atomic mass is 10.3. The predicted octanol–water partition coefficient (Wildman–Crippen LogP) is 3.29. The highest BCUT2D eigenvalue weighted by Crippen LogP contribution is 2.14. The first-order valence-electron chi connectivity index (χ1n) is 5.48. The molecule has 0 saturated carbocycles. The van der Waals surface area contributed by atoms with Crippen molar-refractivity contribution in [2.45, 2.75) is 0 Å². The Morgan fingerprint density at radius 3 is 2.40 bits per heavy atom. The van der Waals surface area contributed by atoms with Crippen molar-refractivity contribution in [3.05, 3.63) is 57.7 Å². The van der Waals surface area contributed by atoms with E-state index < -0.39 is 11.0 Å². The predicted molar refractivity (Wildman–Crippen MR) is 75.0 cm³/mol. The van der Waals surface area contributed by atoms with E-state index in [0.717, 1.165) is 6.20 Å². The van der Waals surface area contributed by atoms with Crippen LogP contribution >= 0.6 is 11.6 Å². The van der Waals surface area contributed by atoms with Gasteiger partial charge in [-0.25, -0.2) is 9.78 Å². The molecule has 0 radical (unpaired) electrons. The fraction of sp³-hybridized carbons (Fsp3) is 0. The summed E-state index contributed by atoms with van der Waals surface area (Å²) >= 11 is 5.72. The molecule has 20 heavy (non-hydrogen) atoms. The number of nitrogens with zero attached hydrogens (tertiary/aromatic N) is 2. The first kappa shape index (κ1) is 13.8. The van der Waals surface area contributed by atoms with Crippen molar-refractivity contribution in [3.8, 4) is 0 Å². The number of carbonyl (C=O) groups excluding carboxylic acids is 1. The van der Waals surface area contributed by atoms with Gasteiger partial charge in [-0.2, -0.15) is 0 Å². The largest absolute Gasteiger partial charge is 0.324 e. The minimum absolute atomic E-state index is 0.145. The van der Waals surface area contributed by atoms with Gasteiger partial charge in [0.15, 0.2) is 0 Å². The van der Waals surface area contributed by atoms with Crippen LogP contribution in [-0.2, 0) is 0 Å². The minimum Gasteiger partial charge on any atom is -0.308 e. The van der Waals surface area contributed by atoms with E-state index >= 15 is 0 Å². The number of amides is 2. The zero-order valence-corrected chi connectivity index (χ0v) is 10.8. The molecule has 8 heteroatoms. The molecule has 1 aromatic carbocycles. The van der Waals surface area contributed by atoms with Crippen LogP contribution in [-0.4, -0.2) is 15.9 Å². The number of carbonyl (C=O) groups is 1. The lowest BCUT2D eigenvalue weighted by Crippen LogP contribution is -2.19. The molecule has 2 rings (SSSR count). The second kappa shape index (κ2) is 5.98. The number of urea groups is 1. The van der Waals surface area contributed by atoms with Crippen molar-refractivity contribution in [1.82, 2.24) is 4.98 Å². The molecule has 102 valence electrons. The molecular weight excluding hydrogens is 284 g/mol. The standard InChI is InChI=1S/C12H9ClN4O3/c13-8-1-3-9(4-2-8)15-12(18)16-11-6-5-10(7-14-11)17(19)20/h1-7H,(H2,14,15,16,18). The topological polar surface area (TPSA) is 97.2 Å². The van der Waals surface area contributed by atoms with Crippen LogP contribution in [0.3, 0.4) is 0 Å². The van der Waals surface area contributed by atoms with Crippen molar-refractivity contribution in [2.24, 2.45) is 0 Å². The Morgan fingerprint density at radius 1 is 1.15 bits per heavy atom. The third kappa shape index (κ3) is 3.66. The summed E-state index contributed by atoms with van der Waals surface area (Å²) in [6, 6.07) is 8.66. The normalized spacial score (nSPS) is 9.85. The zero-order chi connectivity index (χ0) is 14.5. The Hall–Kier alpha value is -2.67. The highest BCUT2D eigenvalue weighted by molar-refractivity contribution is 6.30. The maximum Gasteiger partial charge on any atom is 0.324 e. The van der Waals surface area contributed by atoms with Gasteiger partial charge in [0.25, 0.3) is 5.69 Å². The maximum absolute atomic E-state index is 11.7. The summed E-state index contributed by atoms with van der Waals surface area (Å²) in [5.41, 5.74) is 0.419. The summed E-state index contributed by atoms with van der Waals surface area (Å²) < 4.78 is 0. The van der Waals surface area contributed by atoms with E-state index in [0.29, 0.717) is 10.7 Å². The lowest BCUT2D eigenvalue weighted by Gasteiger charge is -2.06. The summed E-state index contributed by atoms with van der Waals surface area (Å²) in [4.78, 5) is 25.3. The maximum atomic E-state index is 11.7. The second-order valence-electron chi connectivity index (χ2n) is 3.74. The van der Waals surface area contributed by atoms with E-state index in [9.17, 15) is 14.9 Å². The second-order valence-corrected chi connectivity index (χ2v) is 4.18. The quantitative estimate of drug-likeness (QED) is 0.670. The molecule has 0 fully saturated rings. The van der Waals surface area contributed by atoms with Crippen LogP contribution in [0, 0.1) is 10.1 Å². The zero-order valence-electron chi connectivity index (χ0n) is 10.0. The fourth-order valence-corrected chi connectivity index (χ4v) is 1.51. The molecule has 2 amide bonds. The molecule has 1 aromatic heterocycles. The Labute approximate surface area is 118 Å². The third-order valence-corrected chi connectivity index (χ3v) is 2.55. The van der Waals surface area contributed by atoms with Crippen LogP contribution in [0.15, 0.2) is 42.6 Å². The number of hydrogen-bond donors (Lipinski definition) is 2. The number of halogens is 1. The van der Waals surface area contributed by atoms with Crippen LogP contribution in [0.2, 0.25) is 5.02 Å². The molecule has 0 aliphatic carbocycles. The Kier molecular flexibility index (Phi) is 4.11. The van der Waals surface area contributed by atoms with Gasteiger partial charge in [-0.15, -0.1) is 0 Å². The van der Waals surface area contributed by atoms with Crippen molar-refractivity contribution >= 4 is 34.8 Å². The minimum atomic E-state index is -0.565. The number of anilines is 2. The summed E-state index contributed by atoms with van der Waals surface area (Å²) in [5, 5.41) is 16.0. The molecule has 0 saturated heterocycles. The van der Waals surface area contributed by atoms with Gasteiger partial charge < -0.3 is 5.32 Å². The first-order chi connectivity index (χ1) is 9.54. The van der Waals surface area contributed by atoms with Crippen LogP contribution in [0.4, 0.5) is 22.0 Å². The van der Waals surface area contributed by atoms with E-state index in [2.05, 4.69) is 15.6 Å². The molecule has 2 aromatic rings. The van der Waals surface area contributed by atoms with Crippen molar-refractivity contribution in [3.63, 3.8) is 0 Å². The molecule has 0 aliphatic heterocycles. The molecule has 0 unspecified atom stereocenters. The van der Waals surface area contributed by atoms with Crippen molar-refractivity contribution in [1.29, 1.82) is 0 Å². The molecule has 0 aliphatic rings. The van der Waals surface area contributed by atoms with E-state index in [1.54, 1.807) is 24.3 Å². The average Bonchev–Trinajstić information content (AvgIpc) is 2.42. The Balaban J connectivity index is 1.97.